The summed E-state index contributed by atoms with van der Waals surface area (Å²) in [6, 6.07) is 0. The van der Waals surface area contributed by atoms with Gasteiger partial charge in [-0.1, -0.05) is 6.58 Å². The van der Waals surface area contributed by atoms with Crippen LogP contribution >= 0.6 is 23.2 Å². The Morgan fingerprint density at radius 2 is 2.08 bits per heavy atom. The molecule has 0 unspecified atom stereocenters. The van der Waals surface area contributed by atoms with E-state index in [1.807, 2.05) is 0 Å². The van der Waals surface area contributed by atoms with Crippen LogP contribution in [0.5, 0.6) is 0 Å². The van der Waals surface area contributed by atoms with Crippen molar-refractivity contribution in [2.75, 3.05) is 11.8 Å². The fourth-order valence-electron chi connectivity index (χ4n) is 0.159. The number of carbonyl (C=O) groups excluding carboxylic acids is 1. The molecule has 0 saturated carbocycles. The molecule has 3 nitrogen and oxygen atoms in total. The zero-order valence-electron chi connectivity index (χ0n) is 6.80. The van der Waals surface area contributed by atoms with Crippen molar-refractivity contribution in [1.82, 2.24) is 0 Å². The number of alkyl halides is 2. The predicted molar refractivity (Wildman–Crippen MR) is 49.4 cm³/mol. The highest BCUT2D eigenvalue weighted by atomic mass is 35.5. The molecule has 0 radical (unpaired) electrons. The molecular formula is C7H12Cl2O3. The molecule has 0 fully saturated rings. The van der Waals surface area contributed by atoms with E-state index in [4.69, 9.17) is 28.3 Å². The lowest BCUT2D eigenvalue weighted by molar-refractivity contribution is -0.135. The van der Waals surface area contributed by atoms with Gasteiger partial charge in [-0.25, -0.2) is 0 Å². The first-order chi connectivity index (χ1) is 5.58. The minimum absolute atomic E-state index is 0.226. The van der Waals surface area contributed by atoms with E-state index in [-0.39, 0.29) is 17.7 Å². The average molecular weight is 215 g/mol. The third kappa shape index (κ3) is 16.4. The second-order valence-electron chi connectivity index (χ2n) is 1.74. The molecule has 72 valence electrons. The first-order valence-corrected chi connectivity index (χ1v) is 4.23. The van der Waals surface area contributed by atoms with Gasteiger partial charge in [-0.3, -0.25) is 4.79 Å². The number of aliphatic hydroxyl groups is 1. The second-order valence-corrected chi connectivity index (χ2v) is 2.36. The van der Waals surface area contributed by atoms with Gasteiger partial charge in [0.1, 0.15) is 0 Å². The van der Waals surface area contributed by atoms with E-state index in [1.54, 1.807) is 0 Å². The van der Waals surface area contributed by atoms with Crippen molar-refractivity contribution in [3.63, 3.8) is 0 Å². The number of hydrogen-bond acceptors (Lipinski definition) is 3. The Kier molecular flexibility index (Phi) is 12.8. The Labute approximate surface area is 81.9 Å². The van der Waals surface area contributed by atoms with Gasteiger partial charge in [-0.05, 0) is 0 Å². The van der Waals surface area contributed by atoms with Crippen molar-refractivity contribution < 1.29 is 14.6 Å². The van der Waals surface area contributed by atoms with Crippen LogP contribution in [0.1, 0.15) is 6.92 Å². The zero-order valence-corrected chi connectivity index (χ0v) is 8.31. The lowest BCUT2D eigenvalue weighted by atomic mass is 10.5. The molecule has 0 atom stereocenters. The molecule has 0 heterocycles. The van der Waals surface area contributed by atoms with E-state index in [9.17, 15) is 4.79 Å². The van der Waals surface area contributed by atoms with Crippen molar-refractivity contribution in [3.05, 3.63) is 12.8 Å². The van der Waals surface area contributed by atoms with Crippen molar-refractivity contribution in [2.45, 2.75) is 13.0 Å². The summed E-state index contributed by atoms with van der Waals surface area (Å²) in [6.07, 6.45) is 0.566. The molecule has 5 heteroatoms. The molecule has 0 aromatic heterocycles. The van der Waals surface area contributed by atoms with E-state index >= 15 is 0 Å². The Morgan fingerprint density at radius 3 is 2.08 bits per heavy atom. The molecule has 0 spiro atoms. The van der Waals surface area contributed by atoms with Gasteiger partial charge in [0.2, 0.25) is 0 Å². The number of rotatable bonds is 3. The smallest absolute Gasteiger partial charge is 0.307 e. The van der Waals surface area contributed by atoms with E-state index in [0.717, 1.165) is 6.26 Å². The Bertz CT molecular complexity index is 124. The molecule has 12 heavy (non-hydrogen) atoms. The molecule has 0 aliphatic rings. The minimum atomic E-state index is -0.534. The van der Waals surface area contributed by atoms with E-state index in [1.165, 1.54) is 6.92 Å². The van der Waals surface area contributed by atoms with E-state index in [2.05, 4.69) is 11.3 Å². The zero-order chi connectivity index (χ0) is 9.98. The lowest BCUT2D eigenvalue weighted by Gasteiger charge is -1.94. The van der Waals surface area contributed by atoms with Crippen LogP contribution in [0.25, 0.3) is 0 Å². The number of hydrogen-bond donors (Lipinski definition) is 1. The van der Waals surface area contributed by atoms with Crippen LogP contribution in [0.2, 0.25) is 0 Å². The quantitative estimate of drug-likeness (QED) is 0.441. The summed E-state index contributed by atoms with van der Waals surface area (Å²) < 4.78 is 4.17. The highest BCUT2D eigenvalue weighted by Gasteiger charge is 1.94. The SMILES string of the molecule is C=COC(C)=O.OC(CCl)CCl. The number of halogens is 2. The van der Waals surface area contributed by atoms with Crippen LogP contribution in [-0.2, 0) is 9.53 Å². The summed E-state index contributed by atoms with van der Waals surface area (Å²) in [5.41, 5.74) is 0. The van der Waals surface area contributed by atoms with Crippen molar-refractivity contribution in [1.29, 1.82) is 0 Å². The first kappa shape index (κ1) is 14.3. The molecule has 0 aromatic rings. The van der Waals surface area contributed by atoms with Crippen LogP contribution in [-0.4, -0.2) is 28.9 Å². The van der Waals surface area contributed by atoms with Crippen LogP contribution in [0, 0.1) is 0 Å². The van der Waals surface area contributed by atoms with Gasteiger partial charge in [0.05, 0.1) is 12.4 Å². The summed E-state index contributed by atoms with van der Waals surface area (Å²) in [7, 11) is 0. The van der Waals surface area contributed by atoms with Gasteiger partial charge in [0.25, 0.3) is 0 Å². The highest BCUT2D eigenvalue weighted by Crippen LogP contribution is 1.88. The molecule has 0 aliphatic heterocycles. The number of carbonyl (C=O) groups is 1. The van der Waals surface area contributed by atoms with E-state index < -0.39 is 6.10 Å². The summed E-state index contributed by atoms with van der Waals surface area (Å²) in [4.78, 5) is 9.75. The molecule has 0 bridgehead atoms. The maximum atomic E-state index is 9.75. The molecule has 0 aromatic carbocycles. The largest absolute Gasteiger partial charge is 0.435 e. The van der Waals surface area contributed by atoms with Crippen molar-refractivity contribution in [2.24, 2.45) is 0 Å². The molecule has 1 N–H and O–H groups in total. The maximum absolute atomic E-state index is 9.75. The summed E-state index contributed by atoms with van der Waals surface area (Å²) >= 11 is 10.2. The molecular weight excluding hydrogens is 203 g/mol. The van der Waals surface area contributed by atoms with E-state index in [0.29, 0.717) is 0 Å². The fourth-order valence-corrected chi connectivity index (χ4v) is 0.489. The Morgan fingerprint density at radius 1 is 1.67 bits per heavy atom. The first-order valence-electron chi connectivity index (χ1n) is 3.16. The third-order valence-electron chi connectivity index (χ3n) is 0.606. The fraction of sp³-hybridized carbons (Fsp3) is 0.571. The molecule has 0 rings (SSSR count). The van der Waals surface area contributed by atoms with Gasteiger partial charge in [0.15, 0.2) is 0 Å². The summed E-state index contributed by atoms with van der Waals surface area (Å²) in [6.45, 7) is 4.48. The summed E-state index contributed by atoms with van der Waals surface area (Å²) in [5, 5.41) is 8.40. The van der Waals surface area contributed by atoms with Gasteiger partial charge in [-0.15, -0.1) is 23.2 Å². The molecule has 0 aliphatic carbocycles. The predicted octanol–water partition coefficient (Wildman–Crippen LogP) is 1.52. The van der Waals surface area contributed by atoms with Gasteiger partial charge < -0.3 is 9.84 Å². The summed E-state index contributed by atoms with van der Waals surface area (Å²) in [5.74, 6) is 0.123. The topological polar surface area (TPSA) is 46.5 Å². The highest BCUT2D eigenvalue weighted by molar-refractivity contribution is 6.21. The van der Waals surface area contributed by atoms with Gasteiger partial charge in [-0.2, -0.15) is 0 Å². The van der Waals surface area contributed by atoms with Crippen molar-refractivity contribution >= 4 is 29.2 Å². The minimum Gasteiger partial charge on any atom is -0.435 e. The third-order valence-corrected chi connectivity index (χ3v) is 1.32. The standard InChI is InChI=1S/C4H6O2.C3H6Cl2O/c1-3-6-4(2)5;4-1-3(6)2-5/h3H,1H2,2H3;3,6H,1-2H2. The normalized spacial score (nSPS) is 8.42. The average Bonchev–Trinajstić information content (AvgIpc) is 2.04. The molecule has 0 saturated heterocycles. The monoisotopic (exact) mass is 214 g/mol. The second kappa shape index (κ2) is 10.8. The number of ether oxygens (including phenoxy) is 1. The van der Waals surface area contributed by atoms with Crippen LogP contribution in [0.4, 0.5) is 0 Å². The van der Waals surface area contributed by atoms with Crippen LogP contribution < -0.4 is 0 Å². The number of esters is 1. The van der Waals surface area contributed by atoms with Gasteiger partial charge >= 0.3 is 5.97 Å². The number of aliphatic hydroxyl groups excluding tert-OH is 1. The maximum Gasteiger partial charge on any atom is 0.307 e. The Balaban J connectivity index is 0. The molecule has 0 amide bonds. The lowest BCUT2D eigenvalue weighted by Crippen LogP contribution is -2.08. The van der Waals surface area contributed by atoms with Crippen molar-refractivity contribution in [3.8, 4) is 0 Å². The van der Waals surface area contributed by atoms with Crippen LogP contribution in [0.15, 0.2) is 12.8 Å². The van der Waals surface area contributed by atoms with Gasteiger partial charge in [0, 0.05) is 18.7 Å². The van der Waals surface area contributed by atoms with Crippen LogP contribution in [0.3, 0.4) is 0 Å². The Hall–Kier alpha value is -0.250.